The number of rotatable bonds is 2. The molecule has 0 spiro atoms. The molecule has 0 saturated heterocycles. The highest BCUT2D eigenvalue weighted by Crippen LogP contribution is 2.41. The Bertz CT molecular complexity index is 476. The number of nitrogen functional groups attached to an aromatic ring is 1. The van der Waals surface area contributed by atoms with E-state index in [-0.39, 0.29) is 0 Å². The van der Waals surface area contributed by atoms with E-state index in [2.05, 4.69) is 17.0 Å². The Kier molecular flexibility index (Phi) is 2.41. The molecule has 1 aromatic carbocycles. The van der Waals surface area contributed by atoms with E-state index in [4.69, 9.17) is 5.73 Å². The molecule has 0 amide bonds. The fourth-order valence-electron chi connectivity index (χ4n) is 3.96. The van der Waals surface area contributed by atoms with Crippen molar-refractivity contribution in [1.29, 1.82) is 0 Å². The highest BCUT2D eigenvalue weighted by molar-refractivity contribution is 5.52. The maximum atomic E-state index is 6.07. The Balaban J connectivity index is 1.69. The zero-order chi connectivity index (χ0) is 12.1. The monoisotopic (exact) mass is 242 g/mol. The smallest absolute Gasteiger partial charge is 0.0320 e. The minimum Gasteiger partial charge on any atom is -0.399 e. The topological polar surface area (TPSA) is 29.3 Å². The lowest BCUT2D eigenvalue weighted by molar-refractivity contribution is 0.211. The summed E-state index contributed by atoms with van der Waals surface area (Å²) in [6.45, 7) is 3.75. The van der Waals surface area contributed by atoms with Gasteiger partial charge in [0.2, 0.25) is 0 Å². The van der Waals surface area contributed by atoms with Crippen LogP contribution in [0.5, 0.6) is 0 Å². The van der Waals surface area contributed by atoms with Crippen LogP contribution in [0.4, 0.5) is 5.69 Å². The molecule has 0 bridgehead atoms. The zero-order valence-electron chi connectivity index (χ0n) is 11.0. The summed E-state index contributed by atoms with van der Waals surface area (Å²) in [7, 11) is 0. The van der Waals surface area contributed by atoms with E-state index in [0.29, 0.717) is 0 Å². The first-order chi connectivity index (χ1) is 8.79. The van der Waals surface area contributed by atoms with Crippen molar-refractivity contribution in [2.75, 3.05) is 18.8 Å². The van der Waals surface area contributed by atoms with Gasteiger partial charge in [-0.05, 0) is 72.8 Å². The molecule has 2 N–H and O–H groups in total. The largest absolute Gasteiger partial charge is 0.399 e. The van der Waals surface area contributed by atoms with E-state index < -0.39 is 0 Å². The van der Waals surface area contributed by atoms with Gasteiger partial charge in [0.05, 0.1) is 0 Å². The molecule has 1 atom stereocenters. The van der Waals surface area contributed by atoms with Gasteiger partial charge in [0, 0.05) is 25.3 Å². The molecule has 1 saturated carbocycles. The van der Waals surface area contributed by atoms with E-state index in [1.807, 2.05) is 0 Å². The van der Waals surface area contributed by atoms with Crippen molar-refractivity contribution >= 4 is 5.69 Å². The first-order valence-electron chi connectivity index (χ1n) is 7.43. The van der Waals surface area contributed by atoms with E-state index in [1.165, 1.54) is 50.8 Å². The fraction of sp³-hybridized carbons (Fsp3) is 0.625. The standard InChI is InChI=1S/C16H22N2/c17-15-6-12-2-1-3-13-9-18(8-11-4-5-11)10-14(7-15)16(12)13/h6-7,11,13H,1-5,8-10,17H2. The van der Waals surface area contributed by atoms with Gasteiger partial charge in [-0.2, -0.15) is 0 Å². The summed E-state index contributed by atoms with van der Waals surface area (Å²) in [5, 5.41) is 0. The van der Waals surface area contributed by atoms with Crippen molar-refractivity contribution in [3.63, 3.8) is 0 Å². The molecule has 1 heterocycles. The second-order valence-electron chi connectivity index (χ2n) is 6.48. The third-order valence-electron chi connectivity index (χ3n) is 4.87. The molecule has 2 aliphatic carbocycles. The molecule has 18 heavy (non-hydrogen) atoms. The third-order valence-corrected chi connectivity index (χ3v) is 4.87. The predicted octanol–water partition coefficient (Wildman–Crippen LogP) is 2.91. The number of aryl methyl sites for hydroxylation is 1. The van der Waals surface area contributed by atoms with Crippen molar-refractivity contribution in [3.05, 3.63) is 28.8 Å². The quantitative estimate of drug-likeness (QED) is 0.808. The number of anilines is 1. The normalized spacial score (nSPS) is 27.0. The Hall–Kier alpha value is -1.02. The van der Waals surface area contributed by atoms with Crippen LogP contribution in [0.2, 0.25) is 0 Å². The van der Waals surface area contributed by atoms with Gasteiger partial charge in [0.1, 0.15) is 0 Å². The Morgan fingerprint density at radius 2 is 2.00 bits per heavy atom. The maximum Gasteiger partial charge on any atom is 0.0320 e. The first kappa shape index (κ1) is 10.9. The van der Waals surface area contributed by atoms with E-state index in [9.17, 15) is 0 Å². The lowest BCUT2D eigenvalue weighted by Gasteiger charge is -2.38. The van der Waals surface area contributed by atoms with Crippen molar-refractivity contribution in [1.82, 2.24) is 4.90 Å². The summed E-state index contributed by atoms with van der Waals surface area (Å²) in [6.07, 6.45) is 6.88. The second kappa shape index (κ2) is 3.99. The molecule has 2 nitrogen and oxygen atoms in total. The summed E-state index contributed by atoms with van der Waals surface area (Å²) in [6, 6.07) is 4.46. The SMILES string of the molecule is Nc1cc2c3c(c1)CN(CC1CC1)CC3CCC2. The fourth-order valence-corrected chi connectivity index (χ4v) is 3.96. The van der Waals surface area contributed by atoms with Crippen LogP contribution in [-0.4, -0.2) is 18.0 Å². The highest BCUT2D eigenvalue weighted by Gasteiger charge is 2.32. The molecule has 0 aromatic heterocycles. The van der Waals surface area contributed by atoms with Crippen molar-refractivity contribution in [2.45, 2.75) is 44.6 Å². The highest BCUT2D eigenvalue weighted by atomic mass is 15.1. The van der Waals surface area contributed by atoms with Crippen molar-refractivity contribution < 1.29 is 0 Å². The van der Waals surface area contributed by atoms with Crippen LogP contribution in [-0.2, 0) is 13.0 Å². The van der Waals surface area contributed by atoms with Gasteiger partial charge in [-0.3, -0.25) is 4.90 Å². The third kappa shape index (κ3) is 1.83. The average Bonchev–Trinajstić information content (AvgIpc) is 3.12. The Morgan fingerprint density at radius 1 is 1.17 bits per heavy atom. The summed E-state index contributed by atoms with van der Waals surface area (Å²) >= 11 is 0. The number of nitrogens with zero attached hydrogens (tertiary/aromatic N) is 1. The molecule has 96 valence electrons. The average molecular weight is 242 g/mol. The van der Waals surface area contributed by atoms with E-state index in [1.54, 1.807) is 11.1 Å². The molecule has 1 aliphatic heterocycles. The Labute approximate surface area is 109 Å². The summed E-state index contributed by atoms with van der Waals surface area (Å²) in [5.41, 5.74) is 11.8. The molecule has 1 fully saturated rings. The number of hydrogen-bond donors (Lipinski definition) is 1. The van der Waals surface area contributed by atoms with Crippen LogP contribution < -0.4 is 5.73 Å². The van der Waals surface area contributed by atoms with Crippen molar-refractivity contribution in [2.24, 2.45) is 5.92 Å². The van der Waals surface area contributed by atoms with Crippen LogP contribution in [0, 0.1) is 5.92 Å². The second-order valence-corrected chi connectivity index (χ2v) is 6.48. The van der Waals surface area contributed by atoms with Gasteiger partial charge < -0.3 is 5.73 Å². The lowest BCUT2D eigenvalue weighted by Crippen LogP contribution is -2.36. The van der Waals surface area contributed by atoms with Crippen LogP contribution in [0.25, 0.3) is 0 Å². The molecule has 3 aliphatic rings. The minimum absolute atomic E-state index is 0.789. The molecule has 2 heteroatoms. The van der Waals surface area contributed by atoms with E-state index >= 15 is 0 Å². The van der Waals surface area contributed by atoms with Crippen LogP contribution in [0.15, 0.2) is 12.1 Å². The summed E-state index contributed by atoms with van der Waals surface area (Å²) in [5.74, 6) is 1.78. The van der Waals surface area contributed by atoms with Gasteiger partial charge in [-0.1, -0.05) is 0 Å². The molecular formula is C16H22N2. The molecule has 1 unspecified atom stereocenters. The van der Waals surface area contributed by atoms with Gasteiger partial charge in [0.25, 0.3) is 0 Å². The number of benzene rings is 1. The van der Waals surface area contributed by atoms with Crippen molar-refractivity contribution in [3.8, 4) is 0 Å². The van der Waals surface area contributed by atoms with E-state index in [0.717, 1.165) is 24.1 Å². The Morgan fingerprint density at radius 3 is 2.83 bits per heavy atom. The molecule has 1 aromatic rings. The van der Waals surface area contributed by atoms with Crippen LogP contribution >= 0.6 is 0 Å². The minimum atomic E-state index is 0.789. The van der Waals surface area contributed by atoms with Crippen LogP contribution in [0.3, 0.4) is 0 Å². The maximum absolute atomic E-state index is 6.07. The van der Waals surface area contributed by atoms with Gasteiger partial charge in [0.15, 0.2) is 0 Å². The van der Waals surface area contributed by atoms with Crippen LogP contribution in [0.1, 0.15) is 48.3 Å². The zero-order valence-corrected chi connectivity index (χ0v) is 11.0. The lowest BCUT2D eigenvalue weighted by atomic mass is 9.77. The van der Waals surface area contributed by atoms with Gasteiger partial charge in [-0.25, -0.2) is 0 Å². The summed E-state index contributed by atoms with van der Waals surface area (Å²) < 4.78 is 0. The number of nitrogens with two attached hydrogens (primary N) is 1. The van der Waals surface area contributed by atoms with Gasteiger partial charge >= 0.3 is 0 Å². The predicted molar refractivity (Wildman–Crippen MR) is 74.5 cm³/mol. The molecular weight excluding hydrogens is 220 g/mol. The molecule has 0 radical (unpaired) electrons. The van der Waals surface area contributed by atoms with Gasteiger partial charge in [-0.15, -0.1) is 0 Å². The summed E-state index contributed by atoms with van der Waals surface area (Å²) in [4.78, 5) is 2.68. The first-order valence-corrected chi connectivity index (χ1v) is 7.43. The molecule has 4 rings (SSSR count). The number of hydrogen-bond acceptors (Lipinski definition) is 2.